The van der Waals surface area contributed by atoms with Gasteiger partial charge in [-0.2, -0.15) is 0 Å². The van der Waals surface area contributed by atoms with Crippen molar-refractivity contribution in [3.8, 4) is 11.1 Å². The fraction of sp³-hybridized carbons (Fsp3) is 0.400. The van der Waals surface area contributed by atoms with Gasteiger partial charge in [0, 0.05) is 25.5 Å². The Balaban J connectivity index is 1.34. The van der Waals surface area contributed by atoms with Gasteiger partial charge < -0.3 is 30.3 Å². The van der Waals surface area contributed by atoms with E-state index < -0.39 is 36.0 Å². The van der Waals surface area contributed by atoms with Crippen LogP contribution in [0.25, 0.3) is 11.1 Å². The van der Waals surface area contributed by atoms with Crippen LogP contribution in [0.3, 0.4) is 0 Å². The maximum Gasteiger partial charge on any atom is 0.407 e. The summed E-state index contributed by atoms with van der Waals surface area (Å²) in [6.45, 7) is 0.824. The Kier molecular flexibility index (Phi) is 7.14. The minimum absolute atomic E-state index is 0.0499. The number of carbonyl (C=O) groups excluding carboxylic acids is 2. The molecule has 1 aliphatic heterocycles. The number of amides is 2. The van der Waals surface area contributed by atoms with Crippen molar-refractivity contribution >= 4 is 18.0 Å². The third-order valence-corrected chi connectivity index (χ3v) is 6.30. The molecule has 0 aromatic heterocycles. The van der Waals surface area contributed by atoms with Crippen molar-refractivity contribution in [2.24, 2.45) is 0 Å². The lowest BCUT2D eigenvalue weighted by Gasteiger charge is -2.22. The second kappa shape index (κ2) is 10.2. The number of carboxylic acid groups (broad SMARTS) is 1. The Morgan fingerprint density at radius 3 is 2.32 bits per heavy atom. The molecule has 2 aromatic carbocycles. The van der Waals surface area contributed by atoms with Crippen molar-refractivity contribution < 1.29 is 34.1 Å². The number of ether oxygens (including phenoxy) is 2. The summed E-state index contributed by atoms with van der Waals surface area (Å²) in [5.41, 5.74) is 3.26. The Hall–Kier alpha value is -3.43. The Bertz CT molecular complexity index is 1020. The Labute approximate surface area is 197 Å². The van der Waals surface area contributed by atoms with E-state index in [0.717, 1.165) is 22.3 Å². The van der Waals surface area contributed by atoms with E-state index in [9.17, 15) is 24.6 Å². The first-order valence-electron chi connectivity index (χ1n) is 11.3. The van der Waals surface area contributed by atoms with Gasteiger partial charge in [-0.05, 0) is 28.7 Å². The molecule has 4 rings (SSSR count). The Morgan fingerprint density at radius 2 is 1.74 bits per heavy atom. The molecule has 1 fully saturated rings. The van der Waals surface area contributed by atoms with Gasteiger partial charge in [0.05, 0.1) is 18.6 Å². The van der Waals surface area contributed by atoms with E-state index in [1.807, 2.05) is 48.5 Å². The molecule has 1 heterocycles. The molecule has 2 aromatic rings. The summed E-state index contributed by atoms with van der Waals surface area (Å²) in [5.74, 6) is -2.04. The molecule has 4 N–H and O–H groups in total. The maximum atomic E-state index is 12.5. The fourth-order valence-corrected chi connectivity index (χ4v) is 4.50. The molecule has 1 saturated heterocycles. The molecule has 9 heteroatoms. The highest BCUT2D eigenvalue weighted by Gasteiger charge is 2.33. The summed E-state index contributed by atoms with van der Waals surface area (Å²) in [6.07, 6.45) is -0.724. The van der Waals surface area contributed by atoms with Crippen LogP contribution < -0.4 is 10.6 Å². The second-order valence-electron chi connectivity index (χ2n) is 8.69. The zero-order valence-corrected chi connectivity index (χ0v) is 18.7. The fourth-order valence-electron chi connectivity index (χ4n) is 4.50. The number of nitrogens with one attached hydrogen (secondary N) is 2. The van der Waals surface area contributed by atoms with Gasteiger partial charge in [-0.1, -0.05) is 48.5 Å². The summed E-state index contributed by atoms with van der Waals surface area (Å²) < 4.78 is 10.6. The van der Waals surface area contributed by atoms with E-state index >= 15 is 0 Å². The average Bonchev–Trinajstić information content (AvgIpc) is 3.38. The van der Waals surface area contributed by atoms with E-state index in [2.05, 4.69) is 10.6 Å². The molecule has 2 atom stereocenters. The van der Waals surface area contributed by atoms with Crippen molar-refractivity contribution in [1.82, 2.24) is 10.6 Å². The van der Waals surface area contributed by atoms with Crippen molar-refractivity contribution in [1.29, 1.82) is 0 Å². The predicted molar refractivity (Wildman–Crippen MR) is 122 cm³/mol. The van der Waals surface area contributed by atoms with Crippen LogP contribution >= 0.6 is 0 Å². The average molecular weight is 469 g/mol. The van der Waals surface area contributed by atoms with Crippen molar-refractivity contribution in [3.63, 3.8) is 0 Å². The molecule has 0 bridgehead atoms. The molecule has 0 spiro atoms. The number of rotatable bonds is 9. The van der Waals surface area contributed by atoms with Crippen LogP contribution in [0.2, 0.25) is 0 Å². The van der Waals surface area contributed by atoms with Gasteiger partial charge in [-0.3, -0.25) is 9.59 Å². The summed E-state index contributed by atoms with van der Waals surface area (Å²) in [4.78, 5) is 36.3. The molecular weight excluding hydrogens is 440 g/mol. The SMILES string of the molecule is O=C(O)CC(NC(=O)OCC1c2ccccc2-c2ccccc21)C(=O)NCCC1(O)CCOC1. The quantitative estimate of drug-likeness (QED) is 0.442. The topological polar surface area (TPSA) is 134 Å². The van der Waals surface area contributed by atoms with Crippen LogP contribution in [0.15, 0.2) is 48.5 Å². The number of carboxylic acids is 1. The van der Waals surface area contributed by atoms with Gasteiger partial charge >= 0.3 is 12.1 Å². The zero-order chi connectivity index (χ0) is 24.1. The van der Waals surface area contributed by atoms with E-state index in [0.29, 0.717) is 13.0 Å². The first-order valence-corrected chi connectivity index (χ1v) is 11.3. The number of aliphatic carboxylic acids is 1. The minimum atomic E-state index is -1.30. The largest absolute Gasteiger partial charge is 0.481 e. The van der Waals surface area contributed by atoms with Crippen LogP contribution in [-0.4, -0.2) is 66.2 Å². The molecule has 34 heavy (non-hydrogen) atoms. The number of benzene rings is 2. The predicted octanol–water partition coefficient (Wildman–Crippen LogP) is 2.03. The molecule has 2 amide bonds. The summed E-state index contributed by atoms with van der Waals surface area (Å²) in [5, 5.41) is 24.4. The molecule has 0 radical (unpaired) electrons. The van der Waals surface area contributed by atoms with Gasteiger partial charge in [-0.25, -0.2) is 4.79 Å². The lowest BCUT2D eigenvalue weighted by atomic mass is 9.98. The van der Waals surface area contributed by atoms with Crippen LogP contribution in [0.5, 0.6) is 0 Å². The van der Waals surface area contributed by atoms with Crippen molar-refractivity contribution in [2.45, 2.75) is 36.8 Å². The van der Waals surface area contributed by atoms with Crippen molar-refractivity contribution in [2.75, 3.05) is 26.4 Å². The van der Waals surface area contributed by atoms with Gasteiger partial charge in [-0.15, -0.1) is 0 Å². The minimum Gasteiger partial charge on any atom is -0.481 e. The number of carbonyl (C=O) groups is 3. The standard InChI is InChI=1S/C25H28N2O7/c28-22(29)13-21(23(30)26-11-9-25(32)10-12-33-15-25)27-24(31)34-14-20-18-7-3-1-5-16(18)17-6-2-4-8-19(17)20/h1-8,20-21,32H,9-15H2,(H,26,30)(H,27,31)(H,28,29). The van der Waals surface area contributed by atoms with Crippen LogP contribution in [0.4, 0.5) is 4.79 Å². The van der Waals surface area contributed by atoms with Gasteiger partial charge in [0.2, 0.25) is 5.91 Å². The van der Waals surface area contributed by atoms with Crippen molar-refractivity contribution in [3.05, 3.63) is 59.7 Å². The highest BCUT2D eigenvalue weighted by atomic mass is 16.5. The summed E-state index contributed by atoms with van der Waals surface area (Å²) >= 11 is 0. The Morgan fingerprint density at radius 1 is 1.09 bits per heavy atom. The van der Waals surface area contributed by atoms with Crippen LogP contribution in [-0.2, 0) is 19.1 Å². The summed E-state index contributed by atoms with van der Waals surface area (Å²) in [7, 11) is 0. The smallest absolute Gasteiger partial charge is 0.407 e. The molecular formula is C25H28N2O7. The number of alkyl carbamates (subject to hydrolysis) is 1. The number of aliphatic hydroxyl groups is 1. The van der Waals surface area contributed by atoms with Crippen LogP contribution in [0, 0.1) is 0 Å². The number of hydrogen-bond acceptors (Lipinski definition) is 6. The lowest BCUT2D eigenvalue weighted by molar-refractivity contribution is -0.139. The number of fused-ring (bicyclic) bond motifs is 3. The highest BCUT2D eigenvalue weighted by molar-refractivity contribution is 5.89. The van der Waals surface area contributed by atoms with Gasteiger partial charge in [0.15, 0.2) is 0 Å². The second-order valence-corrected chi connectivity index (χ2v) is 8.69. The van der Waals surface area contributed by atoms with E-state index in [-0.39, 0.29) is 32.1 Å². The first kappa shape index (κ1) is 23.7. The lowest BCUT2D eigenvalue weighted by Crippen LogP contribution is -2.49. The molecule has 2 unspecified atom stereocenters. The zero-order valence-electron chi connectivity index (χ0n) is 18.7. The van der Waals surface area contributed by atoms with E-state index in [1.54, 1.807) is 0 Å². The molecule has 1 aliphatic carbocycles. The van der Waals surface area contributed by atoms with Gasteiger partial charge in [0.25, 0.3) is 0 Å². The van der Waals surface area contributed by atoms with Crippen LogP contribution in [0.1, 0.15) is 36.3 Å². The van der Waals surface area contributed by atoms with Gasteiger partial charge in [0.1, 0.15) is 12.6 Å². The third kappa shape index (κ3) is 5.37. The summed E-state index contributed by atoms with van der Waals surface area (Å²) in [6, 6.07) is 14.5. The van der Waals surface area contributed by atoms with E-state index in [4.69, 9.17) is 9.47 Å². The molecule has 0 saturated carbocycles. The molecule has 9 nitrogen and oxygen atoms in total. The third-order valence-electron chi connectivity index (χ3n) is 6.30. The molecule has 2 aliphatic rings. The number of hydrogen-bond donors (Lipinski definition) is 4. The normalized spacial score (nSPS) is 19.7. The monoisotopic (exact) mass is 468 g/mol. The maximum absolute atomic E-state index is 12.5. The van der Waals surface area contributed by atoms with E-state index in [1.165, 1.54) is 0 Å². The highest BCUT2D eigenvalue weighted by Crippen LogP contribution is 2.44. The molecule has 180 valence electrons. The first-order chi connectivity index (χ1) is 16.4.